The van der Waals surface area contributed by atoms with Crippen molar-refractivity contribution >= 4 is 12.4 Å². The highest BCUT2D eigenvalue weighted by molar-refractivity contribution is 5.78. The quantitative estimate of drug-likeness (QED) is 0.800. The second-order valence-electron chi connectivity index (χ2n) is 6.34. The topological polar surface area (TPSA) is 68.7 Å². The standard InChI is InChI=1S/C16H24N2O4/c1-11-8-12(9-13(17-11)21-7)16(5,10-19)18(6)14(20)22-15(2,3)4/h8-10H,1-7H3. The van der Waals surface area contributed by atoms with Crippen molar-refractivity contribution < 1.29 is 19.1 Å². The van der Waals surface area contributed by atoms with Crippen LogP contribution in [0.2, 0.25) is 0 Å². The van der Waals surface area contributed by atoms with Crippen LogP contribution in [0.25, 0.3) is 0 Å². The number of aromatic nitrogens is 1. The molecule has 1 unspecified atom stereocenters. The summed E-state index contributed by atoms with van der Waals surface area (Å²) in [6.07, 6.45) is 0.140. The predicted molar refractivity (Wildman–Crippen MR) is 82.9 cm³/mol. The van der Waals surface area contributed by atoms with Crippen molar-refractivity contribution in [2.24, 2.45) is 0 Å². The third-order valence-electron chi connectivity index (χ3n) is 3.32. The van der Waals surface area contributed by atoms with Crippen molar-refractivity contribution in [1.82, 2.24) is 9.88 Å². The molecular formula is C16H24N2O4. The Morgan fingerprint density at radius 3 is 2.32 bits per heavy atom. The van der Waals surface area contributed by atoms with E-state index in [9.17, 15) is 9.59 Å². The molecule has 0 bridgehead atoms. The summed E-state index contributed by atoms with van der Waals surface area (Å²) in [5.41, 5.74) is -0.509. The minimum Gasteiger partial charge on any atom is -0.481 e. The maximum Gasteiger partial charge on any atom is 0.411 e. The number of hydrogen-bond donors (Lipinski definition) is 0. The Morgan fingerprint density at radius 2 is 1.86 bits per heavy atom. The second kappa shape index (κ2) is 6.34. The van der Waals surface area contributed by atoms with Crippen molar-refractivity contribution in [3.63, 3.8) is 0 Å². The lowest BCUT2D eigenvalue weighted by Gasteiger charge is -2.35. The van der Waals surface area contributed by atoms with Gasteiger partial charge in [-0.25, -0.2) is 9.78 Å². The predicted octanol–water partition coefficient (Wildman–Crippen LogP) is 2.68. The molecule has 1 amide bonds. The van der Waals surface area contributed by atoms with E-state index in [1.165, 1.54) is 19.1 Å². The molecule has 0 N–H and O–H groups in total. The molecular weight excluding hydrogens is 284 g/mol. The summed E-state index contributed by atoms with van der Waals surface area (Å²) in [4.78, 5) is 29.5. The lowest BCUT2D eigenvalue weighted by molar-refractivity contribution is -0.117. The Labute approximate surface area is 131 Å². The molecule has 0 aromatic carbocycles. The van der Waals surface area contributed by atoms with E-state index in [0.29, 0.717) is 23.4 Å². The fraction of sp³-hybridized carbons (Fsp3) is 0.562. The zero-order chi connectivity index (χ0) is 17.1. The molecule has 22 heavy (non-hydrogen) atoms. The Kier molecular flexibility index (Phi) is 5.17. The summed E-state index contributed by atoms with van der Waals surface area (Å²) in [5.74, 6) is 0.390. The number of carbonyl (C=O) groups is 2. The number of pyridine rings is 1. The van der Waals surface area contributed by atoms with Gasteiger partial charge in [-0.1, -0.05) is 0 Å². The van der Waals surface area contributed by atoms with Crippen molar-refractivity contribution in [3.05, 3.63) is 23.4 Å². The van der Waals surface area contributed by atoms with Gasteiger partial charge in [0.05, 0.1) is 7.11 Å². The van der Waals surface area contributed by atoms with Crippen molar-refractivity contribution in [1.29, 1.82) is 0 Å². The molecule has 122 valence electrons. The Bertz CT molecular complexity index is 566. The number of rotatable bonds is 4. The van der Waals surface area contributed by atoms with Gasteiger partial charge in [-0.2, -0.15) is 0 Å². The van der Waals surface area contributed by atoms with Crippen molar-refractivity contribution in [2.45, 2.75) is 45.8 Å². The highest BCUT2D eigenvalue weighted by Crippen LogP contribution is 2.29. The van der Waals surface area contributed by atoms with Gasteiger partial charge in [0, 0.05) is 18.8 Å². The SMILES string of the molecule is COc1cc(C(C)(C=O)N(C)C(=O)OC(C)(C)C)cc(C)n1. The molecule has 1 rings (SSSR count). The van der Waals surface area contributed by atoms with Gasteiger partial charge in [-0.15, -0.1) is 0 Å². The number of likely N-dealkylation sites (N-methyl/N-ethyl adjacent to an activating group) is 1. The number of methoxy groups -OCH3 is 1. The van der Waals surface area contributed by atoms with E-state index >= 15 is 0 Å². The van der Waals surface area contributed by atoms with Crippen molar-refractivity contribution in [2.75, 3.05) is 14.2 Å². The van der Waals surface area contributed by atoms with Crippen LogP contribution >= 0.6 is 0 Å². The van der Waals surface area contributed by atoms with E-state index in [1.54, 1.807) is 46.8 Å². The molecule has 0 aliphatic rings. The molecule has 1 aromatic rings. The summed E-state index contributed by atoms with van der Waals surface area (Å²) < 4.78 is 10.5. The monoisotopic (exact) mass is 308 g/mol. The Morgan fingerprint density at radius 1 is 1.27 bits per heavy atom. The third kappa shape index (κ3) is 3.96. The highest BCUT2D eigenvalue weighted by Gasteiger charge is 2.37. The lowest BCUT2D eigenvalue weighted by atomic mass is 9.92. The first kappa shape index (κ1) is 17.9. The van der Waals surface area contributed by atoms with E-state index in [2.05, 4.69) is 4.98 Å². The van der Waals surface area contributed by atoms with E-state index in [4.69, 9.17) is 9.47 Å². The van der Waals surface area contributed by atoms with Crippen LogP contribution in [0, 0.1) is 6.92 Å². The van der Waals surface area contributed by atoms with Gasteiger partial charge >= 0.3 is 6.09 Å². The Balaban J connectivity index is 3.23. The van der Waals surface area contributed by atoms with Gasteiger partial charge in [-0.05, 0) is 46.2 Å². The molecule has 0 saturated heterocycles. The molecule has 6 nitrogen and oxygen atoms in total. The molecule has 0 aliphatic heterocycles. The number of aldehydes is 1. The summed E-state index contributed by atoms with van der Waals surface area (Å²) >= 11 is 0. The van der Waals surface area contributed by atoms with Crippen LogP contribution in [-0.2, 0) is 15.1 Å². The number of carbonyl (C=O) groups excluding carboxylic acids is 2. The largest absolute Gasteiger partial charge is 0.481 e. The van der Waals surface area contributed by atoms with Gasteiger partial charge < -0.3 is 14.3 Å². The Hall–Kier alpha value is -2.11. The number of hydrogen-bond acceptors (Lipinski definition) is 5. The second-order valence-corrected chi connectivity index (χ2v) is 6.34. The summed E-state index contributed by atoms with van der Waals surface area (Å²) in [5, 5.41) is 0. The molecule has 0 saturated carbocycles. The smallest absolute Gasteiger partial charge is 0.411 e. The first-order valence-corrected chi connectivity index (χ1v) is 7.00. The van der Waals surface area contributed by atoms with Crippen LogP contribution in [0.3, 0.4) is 0 Å². The van der Waals surface area contributed by atoms with Gasteiger partial charge in [0.25, 0.3) is 0 Å². The van der Waals surface area contributed by atoms with Crippen LogP contribution < -0.4 is 4.74 Å². The summed E-state index contributed by atoms with van der Waals surface area (Å²) in [6, 6.07) is 3.39. The maximum atomic E-state index is 12.3. The zero-order valence-corrected chi connectivity index (χ0v) is 14.3. The zero-order valence-electron chi connectivity index (χ0n) is 14.3. The first-order chi connectivity index (χ1) is 10.0. The van der Waals surface area contributed by atoms with Crippen LogP contribution in [0.15, 0.2) is 12.1 Å². The van der Waals surface area contributed by atoms with Crippen LogP contribution in [0.5, 0.6) is 5.88 Å². The average Bonchev–Trinajstić information content (AvgIpc) is 2.42. The van der Waals surface area contributed by atoms with E-state index in [0.717, 1.165) is 0 Å². The highest BCUT2D eigenvalue weighted by atomic mass is 16.6. The molecule has 0 fully saturated rings. The fourth-order valence-corrected chi connectivity index (χ4v) is 1.90. The molecule has 0 aliphatic carbocycles. The van der Waals surface area contributed by atoms with Gasteiger partial charge in [0.2, 0.25) is 5.88 Å². The normalized spacial score (nSPS) is 14.0. The van der Waals surface area contributed by atoms with E-state index in [1.807, 2.05) is 0 Å². The fourth-order valence-electron chi connectivity index (χ4n) is 1.90. The first-order valence-electron chi connectivity index (χ1n) is 7.00. The van der Waals surface area contributed by atoms with Gasteiger partial charge in [-0.3, -0.25) is 4.90 Å². The lowest BCUT2D eigenvalue weighted by Crippen LogP contribution is -2.48. The van der Waals surface area contributed by atoms with E-state index < -0.39 is 17.2 Å². The number of amides is 1. The van der Waals surface area contributed by atoms with Crippen LogP contribution in [0.4, 0.5) is 4.79 Å². The molecule has 1 heterocycles. The summed E-state index contributed by atoms with van der Waals surface area (Å²) in [7, 11) is 3.03. The minimum atomic E-state index is -1.18. The van der Waals surface area contributed by atoms with Crippen LogP contribution in [-0.4, -0.2) is 42.0 Å². The molecule has 6 heteroatoms. The van der Waals surface area contributed by atoms with Crippen LogP contribution in [0.1, 0.15) is 39.0 Å². The number of nitrogens with zero attached hydrogens (tertiary/aromatic N) is 2. The summed E-state index contributed by atoms with van der Waals surface area (Å²) in [6.45, 7) is 8.77. The molecule has 1 aromatic heterocycles. The average molecular weight is 308 g/mol. The van der Waals surface area contributed by atoms with Gasteiger partial charge in [0.1, 0.15) is 17.4 Å². The molecule has 0 spiro atoms. The molecule has 0 radical (unpaired) electrons. The number of ether oxygens (including phenoxy) is 2. The maximum absolute atomic E-state index is 12.3. The minimum absolute atomic E-state index is 0.390. The van der Waals surface area contributed by atoms with Gasteiger partial charge in [0.15, 0.2) is 0 Å². The number of aryl methyl sites for hydroxylation is 1. The molecule has 1 atom stereocenters. The van der Waals surface area contributed by atoms with Crippen molar-refractivity contribution in [3.8, 4) is 5.88 Å². The van der Waals surface area contributed by atoms with E-state index in [-0.39, 0.29) is 0 Å². The third-order valence-corrected chi connectivity index (χ3v) is 3.32.